The third kappa shape index (κ3) is 5.53. The molecular formula is C21H25N5O4. The molecule has 1 heterocycles. The second-order valence-electron chi connectivity index (χ2n) is 7.30. The third-order valence-electron chi connectivity index (χ3n) is 4.76. The summed E-state index contributed by atoms with van der Waals surface area (Å²) in [7, 11) is 0. The molecule has 1 aliphatic carbocycles. The van der Waals surface area contributed by atoms with E-state index >= 15 is 0 Å². The van der Waals surface area contributed by atoms with E-state index in [-0.39, 0.29) is 36.4 Å². The summed E-state index contributed by atoms with van der Waals surface area (Å²) in [5.41, 5.74) is 1.57. The van der Waals surface area contributed by atoms with Crippen molar-refractivity contribution in [2.24, 2.45) is 0 Å². The molecule has 0 saturated heterocycles. The lowest BCUT2D eigenvalue weighted by atomic mass is 10.2. The van der Waals surface area contributed by atoms with Crippen molar-refractivity contribution in [1.82, 2.24) is 20.4 Å². The fourth-order valence-electron chi connectivity index (χ4n) is 2.95. The van der Waals surface area contributed by atoms with Crippen LogP contribution < -0.4 is 21.5 Å². The maximum Gasteiger partial charge on any atom is 0.267 e. The Morgan fingerprint density at radius 1 is 1.07 bits per heavy atom. The summed E-state index contributed by atoms with van der Waals surface area (Å²) in [6.45, 7) is 3.48. The lowest BCUT2D eigenvalue weighted by Crippen LogP contribution is -2.40. The van der Waals surface area contributed by atoms with E-state index in [4.69, 9.17) is 0 Å². The lowest BCUT2D eigenvalue weighted by Gasteiger charge is -2.15. The fraction of sp³-hybridized carbons (Fsp3) is 0.381. The van der Waals surface area contributed by atoms with Gasteiger partial charge in [0.1, 0.15) is 6.04 Å². The second kappa shape index (κ2) is 9.34. The highest BCUT2D eigenvalue weighted by atomic mass is 16.2. The normalized spacial score (nSPS) is 13.9. The van der Waals surface area contributed by atoms with Gasteiger partial charge < -0.3 is 16.0 Å². The Hall–Kier alpha value is -3.49. The smallest absolute Gasteiger partial charge is 0.267 e. The number of aromatic nitrogens is 2. The summed E-state index contributed by atoms with van der Waals surface area (Å²) in [6.07, 6.45) is 2.11. The minimum Gasteiger partial charge on any atom is -0.352 e. The van der Waals surface area contributed by atoms with Crippen LogP contribution >= 0.6 is 0 Å². The SMILES string of the molecule is CC(=O)Nc1ccc(C(=O)NCCNC(=O)C(C)n2nc(C3CC3)ccc2=O)cc1. The minimum absolute atomic E-state index is 0.186. The van der Waals surface area contributed by atoms with Crippen LogP contribution in [0.3, 0.4) is 0 Å². The van der Waals surface area contributed by atoms with Crippen molar-refractivity contribution in [3.63, 3.8) is 0 Å². The van der Waals surface area contributed by atoms with Crippen molar-refractivity contribution in [2.45, 2.75) is 38.6 Å². The van der Waals surface area contributed by atoms with Gasteiger partial charge in [0.2, 0.25) is 11.8 Å². The van der Waals surface area contributed by atoms with E-state index in [1.54, 1.807) is 37.3 Å². The lowest BCUT2D eigenvalue weighted by molar-refractivity contribution is -0.124. The number of hydrogen-bond donors (Lipinski definition) is 3. The molecule has 1 atom stereocenters. The molecular weight excluding hydrogens is 386 g/mol. The van der Waals surface area contributed by atoms with E-state index in [1.807, 2.05) is 0 Å². The second-order valence-corrected chi connectivity index (χ2v) is 7.30. The first-order chi connectivity index (χ1) is 14.3. The first kappa shape index (κ1) is 21.2. The van der Waals surface area contributed by atoms with Gasteiger partial charge in [-0.3, -0.25) is 19.2 Å². The zero-order valence-electron chi connectivity index (χ0n) is 17.0. The summed E-state index contributed by atoms with van der Waals surface area (Å²) in [4.78, 5) is 47.6. The zero-order valence-corrected chi connectivity index (χ0v) is 17.0. The molecule has 3 N–H and O–H groups in total. The molecule has 1 aliphatic rings. The predicted molar refractivity (Wildman–Crippen MR) is 111 cm³/mol. The molecule has 0 radical (unpaired) electrons. The van der Waals surface area contributed by atoms with Crippen LogP contribution in [0.5, 0.6) is 0 Å². The van der Waals surface area contributed by atoms with E-state index in [2.05, 4.69) is 21.0 Å². The Labute approximate surface area is 173 Å². The predicted octanol–water partition coefficient (Wildman–Crippen LogP) is 1.19. The first-order valence-corrected chi connectivity index (χ1v) is 9.88. The van der Waals surface area contributed by atoms with Gasteiger partial charge >= 0.3 is 0 Å². The van der Waals surface area contributed by atoms with E-state index in [0.29, 0.717) is 17.2 Å². The maximum atomic E-state index is 12.4. The zero-order chi connectivity index (χ0) is 21.7. The van der Waals surface area contributed by atoms with Crippen molar-refractivity contribution in [1.29, 1.82) is 0 Å². The van der Waals surface area contributed by atoms with E-state index < -0.39 is 6.04 Å². The molecule has 3 amide bonds. The number of hydrogen-bond acceptors (Lipinski definition) is 5. The summed E-state index contributed by atoms with van der Waals surface area (Å²) < 4.78 is 1.21. The molecule has 0 bridgehead atoms. The summed E-state index contributed by atoms with van der Waals surface area (Å²) in [5, 5.41) is 12.4. The van der Waals surface area contributed by atoms with Crippen molar-refractivity contribution < 1.29 is 14.4 Å². The number of rotatable bonds is 8. The van der Waals surface area contributed by atoms with E-state index in [9.17, 15) is 19.2 Å². The van der Waals surface area contributed by atoms with Crippen LogP contribution in [-0.2, 0) is 9.59 Å². The van der Waals surface area contributed by atoms with Crippen LogP contribution in [0.25, 0.3) is 0 Å². The van der Waals surface area contributed by atoms with Crippen LogP contribution in [0.2, 0.25) is 0 Å². The van der Waals surface area contributed by atoms with Crippen molar-refractivity contribution in [3.05, 3.63) is 58.0 Å². The van der Waals surface area contributed by atoms with Gasteiger partial charge in [0, 0.05) is 43.2 Å². The number of amides is 3. The van der Waals surface area contributed by atoms with Gasteiger partial charge in [-0.15, -0.1) is 0 Å². The Morgan fingerprint density at radius 2 is 1.73 bits per heavy atom. The van der Waals surface area contributed by atoms with Crippen molar-refractivity contribution in [3.8, 4) is 0 Å². The third-order valence-corrected chi connectivity index (χ3v) is 4.76. The van der Waals surface area contributed by atoms with Gasteiger partial charge in [-0.25, -0.2) is 4.68 Å². The molecule has 1 fully saturated rings. The molecule has 1 unspecified atom stereocenters. The van der Waals surface area contributed by atoms with Crippen LogP contribution in [-0.4, -0.2) is 40.6 Å². The number of carbonyl (C=O) groups excluding carboxylic acids is 3. The van der Waals surface area contributed by atoms with Gasteiger partial charge in [0.05, 0.1) is 5.69 Å². The highest BCUT2D eigenvalue weighted by Gasteiger charge is 2.27. The Balaban J connectivity index is 1.46. The quantitative estimate of drug-likeness (QED) is 0.563. The molecule has 1 aromatic carbocycles. The van der Waals surface area contributed by atoms with Gasteiger partial charge in [0.25, 0.3) is 11.5 Å². The van der Waals surface area contributed by atoms with Gasteiger partial charge in [-0.05, 0) is 50.1 Å². The average Bonchev–Trinajstić information content (AvgIpc) is 3.56. The average molecular weight is 411 g/mol. The topological polar surface area (TPSA) is 122 Å². The maximum absolute atomic E-state index is 12.4. The standard InChI is InChI=1S/C21H25N5O4/c1-13(26-19(28)10-9-18(25-26)15-3-4-15)20(29)22-11-12-23-21(30)16-5-7-17(8-6-16)24-14(2)27/h5-10,13,15H,3-4,11-12H2,1-2H3,(H,22,29)(H,23,30)(H,24,27). The number of benzene rings is 1. The van der Waals surface area contributed by atoms with Crippen LogP contribution in [0.1, 0.15) is 54.7 Å². The van der Waals surface area contributed by atoms with Gasteiger partial charge in [-0.1, -0.05) is 0 Å². The summed E-state index contributed by atoms with van der Waals surface area (Å²) >= 11 is 0. The highest BCUT2D eigenvalue weighted by Crippen LogP contribution is 2.38. The van der Waals surface area contributed by atoms with Crippen molar-refractivity contribution in [2.75, 3.05) is 18.4 Å². The summed E-state index contributed by atoms with van der Waals surface area (Å²) in [5.74, 6) is -0.434. The Kier molecular flexibility index (Phi) is 6.61. The van der Waals surface area contributed by atoms with E-state index in [0.717, 1.165) is 18.5 Å². The number of nitrogens with one attached hydrogen (secondary N) is 3. The Bertz CT molecular complexity index is 995. The first-order valence-electron chi connectivity index (χ1n) is 9.88. The largest absolute Gasteiger partial charge is 0.352 e. The minimum atomic E-state index is -0.742. The van der Waals surface area contributed by atoms with Crippen molar-refractivity contribution >= 4 is 23.4 Å². The molecule has 30 heavy (non-hydrogen) atoms. The highest BCUT2D eigenvalue weighted by molar-refractivity contribution is 5.95. The number of nitrogens with zero attached hydrogens (tertiary/aromatic N) is 2. The molecule has 9 heteroatoms. The molecule has 158 valence electrons. The van der Waals surface area contributed by atoms with E-state index in [1.165, 1.54) is 17.7 Å². The van der Waals surface area contributed by atoms with Gasteiger partial charge in [-0.2, -0.15) is 5.10 Å². The Morgan fingerprint density at radius 3 is 2.37 bits per heavy atom. The molecule has 0 aliphatic heterocycles. The van der Waals surface area contributed by atoms with Crippen LogP contribution in [0.15, 0.2) is 41.2 Å². The summed E-state index contributed by atoms with van der Waals surface area (Å²) in [6, 6.07) is 8.91. The number of anilines is 1. The fourth-order valence-corrected chi connectivity index (χ4v) is 2.95. The molecule has 1 saturated carbocycles. The molecule has 1 aromatic heterocycles. The van der Waals surface area contributed by atoms with Gasteiger partial charge in [0.15, 0.2) is 0 Å². The molecule has 2 aromatic rings. The monoisotopic (exact) mass is 411 g/mol. The molecule has 3 rings (SSSR count). The molecule has 0 spiro atoms. The molecule has 9 nitrogen and oxygen atoms in total. The van der Waals surface area contributed by atoms with Crippen LogP contribution in [0, 0.1) is 0 Å². The number of carbonyl (C=O) groups is 3. The van der Waals surface area contributed by atoms with Crippen LogP contribution in [0.4, 0.5) is 5.69 Å².